The highest BCUT2D eigenvalue weighted by Crippen LogP contribution is 2.55. The molecule has 54 valence electrons. The van der Waals surface area contributed by atoms with Gasteiger partial charge in [-0.15, -0.1) is 18.9 Å². The Morgan fingerprint density at radius 3 is 3.10 bits per heavy atom. The second kappa shape index (κ2) is 2.80. The van der Waals surface area contributed by atoms with E-state index in [0.29, 0.717) is 0 Å². The van der Waals surface area contributed by atoms with E-state index < -0.39 is 0 Å². The van der Waals surface area contributed by atoms with E-state index in [1.54, 1.807) is 0 Å². The molecule has 0 aromatic carbocycles. The highest BCUT2D eigenvalue weighted by molar-refractivity contribution is 9.10. The third-order valence-electron chi connectivity index (χ3n) is 2.00. The number of alkyl halides is 1. The maximum atomic E-state index is 5.21. The molecular weight excluding hydrogens is 188 g/mol. The molecule has 0 nitrogen and oxygen atoms in total. The zero-order chi connectivity index (χ0) is 7.61. The van der Waals surface area contributed by atoms with Gasteiger partial charge in [-0.25, -0.2) is 0 Å². The van der Waals surface area contributed by atoms with Crippen LogP contribution in [0.5, 0.6) is 0 Å². The van der Waals surface area contributed by atoms with E-state index >= 15 is 0 Å². The molecule has 0 aliphatic heterocycles. The molecule has 2 unspecified atom stereocenters. The monoisotopic (exact) mass is 198 g/mol. The second-order valence-corrected chi connectivity index (χ2v) is 4.42. The van der Waals surface area contributed by atoms with Crippen LogP contribution >= 0.6 is 15.9 Å². The smallest absolute Gasteiger partial charge is 0.0401 e. The first-order valence-electron chi connectivity index (χ1n) is 3.46. The van der Waals surface area contributed by atoms with E-state index in [1.807, 2.05) is 6.08 Å². The zero-order valence-corrected chi connectivity index (χ0v) is 7.52. The van der Waals surface area contributed by atoms with E-state index in [4.69, 9.17) is 6.42 Å². The summed E-state index contributed by atoms with van der Waals surface area (Å²) in [6, 6.07) is 0. The molecule has 1 rings (SSSR count). The summed E-state index contributed by atoms with van der Waals surface area (Å²) >= 11 is 3.63. The van der Waals surface area contributed by atoms with Crippen LogP contribution in [0.15, 0.2) is 12.7 Å². The van der Waals surface area contributed by atoms with E-state index in [0.717, 1.165) is 18.8 Å². The fourth-order valence-electron chi connectivity index (χ4n) is 1.23. The molecule has 0 aromatic rings. The normalized spacial score (nSPS) is 36.6. The maximum absolute atomic E-state index is 5.21. The van der Waals surface area contributed by atoms with Crippen molar-refractivity contribution < 1.29 is 0 Å². The average Bonchev–Trinajstić information content (AvgIpc) is 2.44. The van der Waals surface area contributed by atoms with Crippen LogP contribution in [0.3, 0.4) is 0 Å². The molecule has 0 aromatic heterocycles. The van der Waals surface area contributed by atoms with Gasteiger partial charge in [0.25, 0.3) is 0 Å². The van der Waals surface area contributed by atoms with Crippen molar-refractivity contribution in [1.29, 1.82) is 0 Å². The quantitative estimate of drug-likeness (QED) is 0.372. The van der Waals surface area contributed by atoms with Crippen molar-refractivity contribution in [2.75, 3.05) is 0 Å². The van der Waals surface area contributed by atoms with Gasteiger partial charge in [0.15, 0.2) is 0 Å². The first-order valence-corrected chi connectivity index (χ1v) is 4.25. The molecule has 10 heavy (non-hydrogen) atoms. The van der Waals surface area contributed by atoms with Crippen molar-refractivity contribution in [2.24, 2.45) is 5.92 Å². The Morgan fingerprint density at radius 1 is 1.90 bits per heavy atom. The van der Waals surface area contributed by atoms with Gasteiger partial charge in [-0.2, -0.15) is 0 Å². The molecule has 0 amide bonds. The van der Waals surface area contributed by atoms with Crippen LogP contribution in [0.4, 0.5) is 0 Å². The summed E-state index contributed by atoms with van der Waals surface area (Å²) in [4.78, 5) is 0. The van der Waals surface area contributed by atoms with Gasteiger partial charge in [-0.05, 0) is 18.8 Å². The fourth-order valence-corrected chi connectivity index (χ4v) is 1.97. The maximum Gasteiger partial charge on any atom is 0.0401 e. The molecule has 0 radical (unpaired) electrons. The predicted octanol–water partition coefficient (Wildman–Crippen LogP) is 2.74. The molecule has 1 aliphatic rings. The standard InChI is InChI=1S/C9H11Br/c1-3-5-8-7-9(8,10)6-4-2/h2-3,8H,1,5-7H2. The minimum Gasteiger partial charge on any atom is -0.120 e. The largest absolute Gasteiger partial charge is 0.120 e. The van der Waals surface area contributed by atoms with Crippen molar-refractivity contribution in [3.05, 3.63) is 12.7 Å². The highest BCUT2D eigenvalue weighted by Gasteiger charge is 2.50. The Labute approximate surface area is 70.8 Å². The molecule has 0 N–H and O–H groups in total. The topological polar surface area (TPSA) is 0 Å². The Kier molecular flexibility index (Phi) is 2.21. The van der Waals surface area contributed by atoms with Crippen LogP contribution in [-0.2, 0) is 0 Å². The van der Waals surface area contributed by atoms with Crippen molar-refractivity contribution in [2.45, 2.75) is 23.6 Å². The third-order valence-corrected chi connectivity index (χ3v) is 3.26. The summed E-state index contributed by atoms with van der Waals surface area (Å²) in [6.07, 6.45) is 10.3. The molecular formula is C9H11Br. The number of hydrogen-bond acceptors (Lipinski definition) is 0. The van der Waals surface area contributed by atoms with Gasteiger partial charge in [0, 0.05) is 10.7 Å². The molecule has 0 spiro atoms. The summed E-state index contributed by atoms with van der Waals surface area (Å²) in [6.45, 7) is 3.69. The van der Waals surface area contributed by atoms with Gasteiger partial charge in [0.05, 0.1) is 0 Å². The number of allylic oxidation sites excluding steroid dienone is 1. The van der Waals surface area contributed by atoms with Crippen molar-refractivity contribution in [3.8, 4) is 12.3 Å². The number of hydrogen-bond donors (Lipinski definition) is 0. The van der Waals surface area contributed by atoms with Crippen LogP contribution in [0, 0.1) is 18.3 Å². The van der Waals surface area contributed by atoms with E-state index in [2.05, 4.69) is 28.4 Å². The molecule has 0 heterocycles. The SMILES string of the molecule is C#CCC1(Br)CC1CC=C. The fraction of sp³-hybridized carbons (Fsp3) is 0.556. The summed E-state index contributed by atoms with van der Waals surface area (Å²) in [5.74, 6) is 3.41. The van der Waals surface area contributed by atoms with Crippen LogP contribution in [0.2, 0.25) is 0 Å². The summed E-state index contributed by atoms with van der Waals surface area (Å²) in [7, 11) is 0. The summed E-state index contributed by atoms with van der Waals surface area (Å²) in [5.41, 5.74) is 0. The van der Waals surface area contributed by atoms with Gasteiger partial charge >= 0.3 is 0 Å². The zero-order valence-electron chi connectivity index (χ0n) is 5.94. The van der Waals surface area contributed by atoms with Gasteiger partial charge in [-0.1, -0.05) is 22.0 Å². The molecule has 0 saturated heterocycles. The van der Waals surface area contributed by atoms with Crippen molar-refractivity contribution >= 4 is 15.9 Å². The van der Waals surface area contributed by atoms with Crippen LogP contribution in [0.1, 0.15) is 19.3 Å². The van der Waals surface area contributed by atoms with Crippen LogP contribution < -0.4 is 0 Å². The average molecular weight is 199 g/mol. The third kappa shape index (κ3) is 1.44. The lowest BCUT2D eigenvalue weighted by Crippen LogP contribution is -1.98. The molecule has 2 atom stereocenters. The van der Waals surface area contributed by atoms with Gasteiger partial charge < -0.3 is 0 Å². The summed E-state index contributed by atoms with van der Waals surface area (Å²) in [5, 5.41) is 0. The van der Waals surface area contributed by atoms with E-state index in [9.17, 15) is 0 Å². The Balaban J connectivity index is 2.34. The molecule has 1 heteroatoms. The summed E-state index contributed by atoms with van der Waals surface area (Å²) < 4.78 is 0.274. The predicted molar refractivity (Wildman–Crippen MR) is 48.0 cm³/mol. The Hall–Kier alpha value is -0.220. The lowest BCUT2D eigenvalue weighted by atomic mass is 10.2. The lowest BCUT2D eigenvalue weighted by molar-refractivity contribution is 0.776. The minimum absolute atomic E-state index is 0.274. The van der Waals surface area contributed by atoms with Gasteiger partial charge in [0.2, 0.25) is 0 Å². The minimum atomic E-state index is 0.274. The van der Waals surface area contributed by atoms with E-state index in [1.165, 1.54) is 6.42 Å². The van der Waals surface area contributed by atoms with Gasteiger partial charge in [-0.3, -0.25) is 0 Å². The van der Waals surface area contributed by atoms with Crippen molar-refractivity contribution in [1.82, 2.24) is 0 Å². The molecule has 0 bridgehead atoms. The number of terminal acetylenes is 1. The molecule has 1 fully saturated rings. The van der Waals surface area contributed by atoms with Gasteiger partial charge in [0.1, 0.15) is 0 Å². The first kappa shape index (κ1) is 7.88. The highest BCUT2D eigenvalue weighted by atomic mass is 79.9. The molecule has 1 aliphatic carbocycles. The Bertz CT molecular complexity index is 178. The number of halogens is 1. The van der Waals surface area contributed by atoms with Crippen molar-refractivity contribution in [3.63, 3.8) is 0 Å². The molecule has 1 saturated carbocycles. The van der Waals surface area contributed by atoms with Crippen LogP contribution in [0.25, 0.3) is 0 Å². The van der Waals surface area contributed by atoms with E-state index in [-0.39, 0.29) is 4.32 Å². The van der Waals surface area contributed by atoms with Crippen LogP contribution in [-0.4, -0.2) is 4.32 Å². The Morgan fingerprint density at radius 2 is 2.60 bits per heavy atom. The lowest BCUT2D eigenvalue weighted by Gasteiger charge is -2.00. The first-order chi connectivity index (χ1) is 4.73. The number of rotatable bonds is 3. The second-order valence-electron chi connectivity index (χ2n) is 2.84.